The Morgan fingerprint density at radius 1 is 1.23 bits per heavy atom. The third-order valence-corrected chi connectivity index (χ3v) is 4.26. The fourth-order valence-corrected chi connectivity index (χ4v) is 3.11. The number of rotatable bonds is 3. The van der Waals surface area contributed by atoms with E-state index >= 15 is 0 Å². The molecule has 0 unspecified atom stereocenters. The van der Waals surface area contributed by atoms with Crippen molar-refractivity contribution in [2.24, 2.45) is 0 Å². The molecule has 1 aromatic heterocycles. The van der Waals surface area contributed by atoms with E-state index in [1.807, 2.05) is 13.0 Å². The molecule has 0 aliphatic carbocycles. The normalized spacial score (nSPS) is 20.0. The number of aryl methyl sites for hydroxylation is 1. The van der Waals surface area contributed by atoms with Crippen LogP contribution < -0.4 is 0 Å². The molecule has 0 spiro atoms. The number of aromatic nitrogens is 1. The second-order valence-electron chi connectivity index (χ2n) is 5.91. The van der Waals surface area contributed by atoms with Gasteiger partial charge >= 0.3 is 0 Å². The highest BCUT2D eigenvalue weighted by atomic mass is 19.1. The molecule has 1 aliphatic heterocycles. The van der Waals surface area contributed by atoms with Crippen LogP contribution in [-0.4, -0.2) is 16.6 Å². The highest BCUT2D eigenvalue weighted by molar-refractivity contribution is 5.20. The van der Waals surface area contributed by atoms with Crippen LogP contribution in [0, 0.1) is 18.6 Å². The van der Waals surface area contributed by atoms with E-state index in [4.69, 9.17) is 4.52 Å². The van der Waals surface area contributed by atoms with Crippen LogP contribution >= 0.6 is 0 Å². The highest BCUT2D eigenvalue weighted by Gasteiger charge is 2.27. The third kappa shape index (κ3) is 3.19. The lowest BCUT2D eigenvalue weighted by atomic mass is 10.1. The Bertz CT molecular complexity index is 621. The second kappa shape index (κ2) is 6.57. The van der Waals surface area contributed by atoms with E-state index in [0.29, 0.717) is 0 Å². The maximum atomic E-state index is 13.9. The number of nitrogens with zero attached hydrogens (tertiary/aromatic N) is 2. The predicted octanol–water partition coefficient (Wildman–Crippen LogP) is 4.38. The molecule has 1 saturated heterocycles. The summed E-state index contributed by atoms with van der Waals surface area (Å²) in [6, 6.07) is 5.96. The number of hydrogen-bond acceptors (Lipinski definition) is 3. The van der Waals surface area contributed by atoms with E-state index in [2.05, 4.69) is 10.1 Å². The molecule has 1 aromatic carbocycles. The minimum atomic E-state index is -0.489. The van der Waals surface area contributed by atoms with Crippen molar-refractivity contribution in [2.45, 2.75) is 45.2 Å². The topological polar surface area (TPSA) is 29.3 Å². The van der Waals surface area contributed by atoms with Crippen LogP contribution in [0.1, 0.15) is 48.7 Å². The average Bonchev–Trinajstić information content (AvgIpc) is 2.79. The van der Waals surface area contributed by atoms with E-state index < -0.39 is 11.6 Å². The smallest absolute Gasteiger partial charge is 0.154 e. The molecule has 0 amide bonds. The van der Waals surface area contributed by atoms with Crippen LogP contribution in [0.15, 0.2) is 28.8 Å². The number of hydrogen-bond donors (Lipinski definition) is 0. The van der Waals surface area contributed by atoms with Crippen molar-refractivity contribution in [3.05, 3.63) is 52.9 Å². The van der Waals surface area contributed by atoms with Gasteiger partial charge in [-0.05, 0) is 38.4 Å². The van der Waals surface area contributed by atoms with Gasteiger partial charge in [-0.1, -0.05) is 24.1 Å². The van der Waals surface area contributed by atoms with Crippen molar-refractivity contribution in [3.8, 4) is 0 Å². The molecule has 0 radical (unpaired) electrons. The Kier molecular flexibility index (Phi) is 4.52. The zero-order valence-corrected chi connectivity index (χ0v) is 12.7. The minimum absolute atomic E-state index is 0.0303. The maximum absolute atomic E-state index is 13.9. The molecule has 2 heterocycles. The van der Waals surface area contributed by atoms with E-state index in [1.165, 1.54) is 18.2 Å². The standard InChI is InChI=1S/C17H20F2N2O/c1-12-10-17(22-20-12)16-8-3-2-4-9-21(16)11-13-14(18)6-5-7-15(13)19/h5-7,10,16H,2-4,8-9,11H2,1H3/t16-/m0/s1. The van der Waals surface area contributed by atoms with Gasteiger partial charge in [0.25, 0.3) is 0 Å². The van der Waals surface area contributed by atoms with Crippen molar-refractivity contribution in [1.82, 2.24) is 10.1 Å². The van der Waals surface area contributed by atoms with Crippen molar-refractivity contribution >= 4 is 0 Å². The summed E-state index contributed by atoms with van der Waals surface area (Å²) in [5, 5.41) is 3.95. The van der Waals surface area contributed by atoms with Crippen LogP contribution in [-0.2, 0) is 6.54 Å². The lowest BCUT2D eigenvalue weighted by Crippen LogP contribution is -2.28. The molecule has 1 fully saturated rings. The summed E-state index contributed by atoms with van der Waals surface area (Å²) in [6.07, 6.45) is 4.16. The van der Waals surface area contributed by atoms with E-state index in [1.54, 1.807) is 0 Å². The largest absolute Gasteiger partial charge is 0.359 e. The first kappa shape index (κ1) is 15.2. The molecule has 1 aliphatic rings. The summed E-state index contributed by atoms with van der Waals surface area (Å²) in [4.78, 5) is 2.11. The summed E-state index contributed by atoms with van der Waals surface area (Å²) < 4.78 is 33.3. The molecular formula is C17H20F2N2O. The summed E-state index contributed by atoms with van der Waals surface area (Å²) >= 11 is 0. The van der Waals surface area contributed by atoms with E-state index in [0.717, 1.165) is 43.7 Å². The summed E-state index contributed by atoms with van der Waals surface area (Å²) in [5.74, 6) is -0.190. The lowest BCUT2D eigenvalue weighted by molar-refractivity contribution is 0.156. The summed E-state index contributed by atoms with van der Waals surface area (Å²) in [7, 11) is 0. The molecular weight excluding hydrogens is 286 g/mol. The third-order valence-electron chi connectivity index (χ3n) is 4.26. The molecule has 1 atom stereocenters. The molecule has 3 nitrogen and oxygen atoms in total. The van der Waals surface area contributed by atoms with Gasteiger partial charge in [-0.15, -0.1) is 0 Å². The zero-order chi connectivity index (χ0) is 15.5. The maximum Gasteiger partial charge on any atom is 0.154 e. The Labute approximate surface area is 128 Å². The molecule has 2 aromatic rings. The molecule has 0 N–H and O–H groups in total. The van der Waals surface area contributed by atoms with Gasteiger partial charge in [-0.3, -0.25) is 4.90 Å². The fourth-order valence-electron chi connectivity index (χ4n) is 3.11. The molecule has 5 heteroatoms. The SMILES string of the molecule is Cc1cc([C@@H]2CCCCCN2Cc2c(F)cccc2F)on1. The van der Waals surface area contributed by atoms with Gasteiger partial charge in [0.15, 0.2) is 5.76 Å². The number of halogens is 2. The van der Waals surface area contributed by atoms with Crippen molar-refractivity contribution < 1.29 is 13.3 Å². The van der Waals surface area contributed by atoms with Crippen molar-refractivity contribution in [2.75, 3.05) is 6.54 Å². The van der Waals surface area contributed by atoms with Gasteiger partial charge in [0.2, 0.25) is 0 Å². The molecule has 3 rings (SSSR count). The first-order valence-corrected chi connectivity index (χ1v) is 7.75. The fraction of sp³-hybridized carbons (Fsp3) is 0.471. The Morgan fingerprint density at radius 2 is 2.00 bits per heavy atom. The summed E-state index contributed by atoms with van der Waals surface area (Å²) in [5.41, 5.74) is 0.960. The highest BCUT2D eigenvalue weighted by Crippen LogP contribution is 2.32. The Hall–Kier alpha value is -1.75. The Morgan fingerprint density at radius 3 is 2.68 bits per heavy atom. The van der Waals surface area contributed by atoms with Crippen LogP contribution in [0.5, 0.6) is 0 Å². The zero-order valence-electron chi connectivity index (χ0n) is 12.7. The van der Waals surface area contributed by atoms with E-state index in [-0.39, 0.29) is 18.2 Å². The van der Waals surface area contributed by atoms with Crippen LogP contribution in [0.4, 0.5) is 8.78 Å². The molecule has 0 saturated carbocycles. The first-order chi connectivity index (χ1) is 10.6. The van der Waals surface area contributed by atoms with Crippen LogP contribution in [0.25, 0.3) is 0 Å². The minimum Gasteiger partial charge on any atom is -0.359 e. The average molecular weight is 306 g/mol. The van der Waals surface area contributed by atoms with Gasteiger partial charge in [0.05, 0.1) is 11.7 Å². The Balaban J connectivity index is 1.87. The monoisotopic (exact) mass is 306 g/mol. The summed E-state index contributed by atoms with van der Waals surface area (Å²) in [6.45, 7) is 2.94. The van der Waals surface area contributed by atoms with Crippen LogP contribution in [0.2, 0.25) is 0 Å². The van der Waals surface area contributed by atoms with Crippen LogP contribution in [0.3, 0.4) is 0 Å². The molecule has 22 heavy (non-hydrogen) atoms. The van der Waals surface area contributed by atoms with Gasteiger partial charge in [-0.25, -0.2) is 8.78 Å². The van der Waals surface area contributed by atoms with E-state index in [9.17, 15) is 8.78 Å². The number of benzene rings is 1. The van der Waals surface area contributed by atoms with Crippen molar-refractivity contribution in [3.63, 3.8) is 0 Å². The van der Waals surface area contributed by atoms with Gasteiger partial charge in [-0.2, -0.15) is 0 Å². The lowest BCUT2D eigenvalue weighted by Gasteiger charge is -2.28. The predicted molar refractivity (Wildman–Crippen MR) is 79.2 cm³/mol. The van der Waals surface area contributed by atoms with Crippen molar-refractivity contribution in [1.29, 1.82) is 0 Å². The quantitative estimate of drug-likeness (QED) is 0.843. The second-order valence-corrected chi connectivity index (χ2v) is 5.91. The molecule has 118 valence electrons. The van der Waals surface area contributed by atoms with Gasteiger partial charge in [0, 0.05) is 18.2 Å². The number of likely N-dealkylation sites (tertiary alicyclic amines) is 1. The first-order valence-electron chi connectivity index (χ1n) is 7.75. The molecule has 0 bridgehead atoms. The van der Waals surface area contributed by atoms with Gasteiger partial charge < -0.3 is 4.52 Å². The van der Waals surface area contributed by atoms with Gasteiger partial charge in [0.1, 0.15) is 11.6 Å².